The Labute approximate surface area is 97.7 Å². The van der Waals surface area contributed by atoms with Crippen LogP contribution in [0.3, 0.4) is 0 Å². The first kappa shape index (κ1) is 15.4. The van der Waals surface area contributed by atoms with Crippen molar-refractivity contribution in [1.29, 1.82) is 0 Å². The van der Waals surface area contributed by atoms with Gasteiger partial charge in [0.2, 0.25) is 5.91 Å². The largest absolute Gasteiger partial charge is 0.354 e. The Morgan fingerprint density at radius 2 is 1.94 bits per heavy atom. The molecule has 0 aromatic rings. The van der Waals surface area contributed by atoms with Gasteiger partial charge >= 0.3 is 0 Å². The lowest BCUT2D eigenvalue weighted by atomic mass is 9.89. The number of hydrogen-bond donors (Lipinski definition) is 2. The highest BCUT2D eigenvalue weighted by Gasteiger charge is 2.25. The lowest BCUT2D eigenvalue weighted by molar-refractivity contribution is -0.120. The van der Waals surface area contributed by atoms with Gasteiger partial charge in [0.1, 0.15) is 5.25 Å². The number of carbonyl (C=O) groups excluding carboxylic acids is 1. The second-order valence-corrected chi connectivity index (χ2v) is 7.26. The van der Waals surface area contributed by atoms with Crippen molar-refractivity contribution in [2.45, 2.75) is 32.4 Å². The molecule has 6 heteroatoms. The van der Waals surface area contributed by atoms with Crippen LogP contribution in [0, 0.1) is 5.41 Å². The highest BCUT2D eigenvalue weighted by molar-refractivity contribution is 7.92. The molecule has 5 nitrogen and oxygen atoms in total. The normalized spacial score (nSPS) is 14.6. The van der Waals surface area contributed by atoms with E-state index in [4.69, 9.17) is 5.73 Å². The van der Waals surface area contributed by atoms with E-state index in [1.54, 1.807) is 0 Å². The van der Waals surface area contributed by atoms with Gasteiger partial charge in [-0.05, 0) is 25.3 Å². The SMILES string of the molecule is CC(C(=O)NCC(C)(C)CCN)S(C)(=O)=O. The molecule has 0 saturated heterocycles. The predicted molar refractivity (Wildman–Crippen MR) is 64.8 cm³/mol. The van der Waals surface area contributed by atoms with Crippen LogP contribution >= 0.6 is 0 Å². The maximum absolute atomic E-state index is 11.5. The molecule has 0 rings (SSSR count). The Morgan fingerprint density at radius 3 is 2.31 bits per heavy atom. The highest BCUT2D eigenvalue weighted by atomic mass is 32.2. The molecule has 1 atom stereocenters. The average molecular weight is 250 g/mol. The minimum Gasteiger partial charge on any atom is -0.354 e. The summed E-state index contributed by atoms with van der Waals surface area (Å²) < 4.78 is 22.3. The summed E-state index contributed by atoms with van der Waals surface area (Å²) in [4.78, 5) is 11.5. The molecule has 96 valence electrons. The molecule has 0 spiro atoms. The van der Waals surface area contributed by atoms with Crippen LogP contribution in [0.25, 0.3) is 0 Å². The number of carbonyl (C=O) groups is 1. The molecule has 0 radical (unpaired) electrons. The molecule has 0 aromatic carbocycles. The predicted octanol–water partition coefficient (Wildman–Crippen LogP) is -0.0893. The Kier molecular flexibility index (Phi) is 5.41. The smallest absolute Gasteiger partial charge is 0.238 e. The first-order chi connectivity index (χ1) is 7.10. The molecule has 0 saturated carbocycles. The van der Waals surface area contributed by atoms with E-state index in [0.717, 1.165) is 12.7 Å². The minimum atomic E-state index is -3.32. The quantitative estimate of drug-likeness (QED) is 0.689. The fraction of sp³-hybridized carbons (Fsp3) is 0.900. The van der Waals surface area contributed by atoms with E-state index in [0.29, 0.717) is 13.1 Å². The van der Waals surface area contributed by atoms with E-state index >= 15 is 0 Å². The molecule has 1 unspecified atom stereocenters. The van der Waals surface area contributed by atoms with Crippen molar-refractivity contribution in [2.24, 2.45) is 11.1 Å². The van der Waals surface area contributed by atoms with Gasteiger partial charge in [-0.15, -0.1) is 0 Å². The third-order valence-electron chi connectivity index (χ3n) is 2.57. The third-order valence-corrected chi connectivity index (χ3v) is 4.07. The van der Waals surface area contributed by atoms with Gasteiger partial charge in [0, 0.05) is 12.8 Å². The van der Waals surface area contributed by atoms with Gasteiger partial charge < -0.3 is 11.1 Å². The molecular formula is C10H22N2O3S. The van der Waals surface area contributed by atoms with Crippen LogP contribution in [0.4, 0.5) is 0 Å². The molecular weight excluding hydrogens is 228 g/mol. The second-order valence-electron chi connectivity index (χ2n) is 4.89. The molecule has 0 aromatic heterocycles. The van der Waals surface area contributed by atoms with E-state index in [2.05, 4.69) is 5.32 Å². The monoisotopic (exact) mass is 250 g/mol. The number of sulfone groups is 1. The Bertz CT molecular complexity index is 336. The average Bonchev–Trinajstić information content (AvgIpc) is 2.11. The van der Waals surface area contributed by atoms with Crippen LogP contribution in [0.2, 0.25) is 0 Å². The van der Waals surface area contributed by atoms with Gasteiger partial charge in [-0.2, -0.15) is 0 Å². The van der Waals surface area contributed by atoms with Crippen LogP contribution < -0.4 is 11.1 Å². The van der Waals surface area contributed by atoms with Crippen molar-refractivity contribution in [3.8, 4) is 0 Å². The first-order valence-electron chi connectivity index (χ1n) is 5.27. The minimum absolute atomic E-state index is 0.109. The fourth-order valence-electron chi connectivity index (χ4n) is 1.14. The van der Waals surface area contributed by atoms with Gasteiger partial charge in [-0.1, -0.05) is 13.8 Å². The first-order valence-corrected chi connectivity index (χ1v) is 7.22. The molecule has 0 fully saturated rings. The van der Waals surface area contributed by atoms with Crippen molar-refractivity contribution in [1.82, 2.24) is 5.32 Å². The number of amides is 1. The summed E-state index contributed by atoms with van der Waals surface area (Å²) in [5.74, 6) is -0.451. The zero-order valence-corrected chi connectivity index (χ0v) is 11.2. The summed E-state index contributed by atoms with van der Waals surface area (Å²) in [5.41, 5.74) is 5.33. The number of nitrogens with two attached hydrogens (primary N) is 1. The summed E-state index contributed by atoms with van der Waals surface area (Å²) in [5, 5.41) is 1.64. The zero-order chi connectivity index (χ0) is 13.0. The fourth-order valence-corrected chi connectivity index (χ4v) is 1.62. The number of hydrogen-bond acceptors (Lipinski definition) is 4. The van der Waals surface area contributed by atoms with E-state index < -0.39 is 21.0 Å². The Hall–Kier alpha value is -0.620. The summed E-state index contributed by atoms with van der Waals surface area (Å²) >= 11 is 0. The van der Waals surface area contributed by atoms with Crippen LogP contribution in [-0.4, -0.2) is 38.9 Å². The van der Waals surface area contributed by atoms with Crippen LogP contribution in [0.5, 0.6) is 0 Å². The van der Waals surface area contributed by atoms with E-state index in [-0.39, 0.29) is 5.41 Å². The van der Waals surface area contributed by atoms with Gasteiger partial charge in [-0.25, -0.2) is 8.42 Å². The zero-order valence-electron chi connectivity index (χ0n) is 10.4. The van der Waals surface area contributed by atoms with Gasteiger partial charge in [-0.3, -0.25) is 4.79 Å². The van der Waals surface area contributed by atoms with Crippen molar-refractivity contribution < 1.29 is 13.2 Å². The molecule has 0 aliphatic heterocycles. The molecule has 0 aliphatic carbocycles. The van der Waals surface area contributed by atoms with Gasteiger partial charge in [0.15, 0.2) is 9.84 Å². The molecule has 3 N–H and O–H groups in total. The van der Waals surface area contributed by atoms with Crippen molar-refractivity contribution in [2.75, 3.05) is 19.3 Å². The lowest BCUT2D eigenvalue weighted by Gasteiger charge is -2.24. The molecule has 0 bridgehead atoms. The third kappa shape index (κ3) is 5.46. The second kappa shape index (κ2) is 5.63. The standard InChI is InChI=1S/C10H22N2O3S/c1-8(16(4,14)15)9(13)12-7-10(2,3)5-6-11/h8H,5-7,11H2,1-4H3,(H,12,13). The van der Waals surface area contributed by atoms with Crippen molar-refractivity contribution in [3.63, 3.8) is 0 Å². The summed E-state index contributed by atoms with van der Waals surface area (Å²) in [6.45, 7) is 6.32. The van der Waals surface area contributed by atoms with Gasteiger partial charge in [0.05, 0.1) is 0 Å². The Morgan fingerprint density at radius 1 is 1.44 bits per heavy atom. The van der Waals surface area contributed by atoms with Crippen LogP contribution in [0.15, 0.2) is 0 Å². The summed E-state index contributed by atoms with van der Waals surface area (Å²) in [7, 11) is -3.32. The van der Waals surface area contributed by atoms with Crippen LogP contribution in [0.1, 0.15) is 27.2 Å². The number of rotatable bonds is 6. The van der Waals surface area contributed by atoms with E-state index in [1.807, 2.05) is 13.8 Å². The maximum Gasteiger partial charge on any atom is 0.238 e. The topological polar surface area (TPSA) is 89.3 Å². The highest BCUT2D eigenvalue weighted by Crippen LogP contribution is 2.17. The lowest BCUT2D eigenvalue weighted by Crippen LogP contribution is -2.42. The van der Waals surface area contributed by atoms with Crippen molar-refractivity contribution >= 4 is 15.7 Å². The summed E-state index contributed by atoms with van der Waals surface area (Å²) in [6.07, 6.45) is 1.84. The molecule has 16 heavy (non-hydrogen) atoms. The molecule has 1 amide bonds. The van der Waals surface area contributed by atoms with Crippen molar-refractivity contribution in [3.05, 3.63) is 0 Å². The summed E-state index contributed by atoms with van der Waals surface area (Å²) in [6, 6.07) is 0. The van der Waals surface area contributed by atoms with E-state index in [9.17, 15) is 13.2 Å². The molecule has 0 aliphatic rings. The van der Waals surface area contributed by atoms with Crippen LogP contribution in [-0.2, 0) is 14.6 Å². The van der Waals surface area contributed by atoms with E-state index in [1.165, 1.54) is 6.92 Å². The van der Waals surface area contributed by atoms with Gasteiger partial charge in [0.25, 0.3) is 0 Å². The maximum atomic E-state index is 11.5. The Balaban J connectivity index is 4.28. The number of nitrogens with one attached hydrogen (secondary N) is 1. The molecule has 0 heterocycles.